The molecule has 0 amide bonds. The predicted octanol–water partition coefficient (Wildman–Crippen LogP) is 3.11. The minimum atomic E-state index is 0.235. The Morgan fingerprint density at radius 3 is 2.81 bits per heavy atom. The fourth-order valence-corrected chi connectivity index (χ4v) is 2.17. The largest absolute Gasteiger partial charge is 0.348 e. The molecule has 3 heteroatoms. The second-order valence-electron chi connectivity index (χ2n) is 4.27. The van der Waals surface area contributed by atoms with Crippen LogP contribution in [0.2, 0.25) is 5.02 Å². The number of rotatable bonds is 3. The van der Waals surface area contributed by atoms with E-state index in [0.717, 1.165) is 17.9 Å². The van der Waals surface area contributed by atoms with Crippen molar-refractivity contribution in [1.82, 2.24) is 4.57 Å². The first-order chi connectivity index (χ1) is 7.61. The third-order valence-electron chi connectivity index (χ3n) is 3.10. The van der Waals surface area contributed by atoms with Gasteiger partial charge >= 0.3 is 0 Å². The lowest BCUT2D eigenvalue weighted by molar-refractivity contribution is 0.624. The van der Waals surface area contributed by atoms with Gasteiger partial charge in [0, 0.05) is 41.1 Å². The molecule has 0 radical (unpaired) electrons. The Morgan fingerprint density at radius 2 is 2.12 bits per heavy atom. The van der Waals surface area contributed by atoms with Crippen LogP contribution in [0.1, 0.15) is 19.0 Å². The van der Waals surface area contributed by atoms with Crippen molar-refractivity contribution in [2.45, 2.75) is 25.8 Å². The maximum atomic E-state index is 5.99. The Bertz CT molecular complexity index is 502. The Hall–Kier alpha value is -0.990. The standard InChI is InChI=1S/C13H17ClN2/c1-3-11(15)8-12-7-9-6-10(14)4-5-13(9)16(12)2/h4-7,11H,3,8,15H2,1-2H3. The third-order valence-corrected chi connectivity index (χ3v) is 3.33. The molecule has 2 aromatic rings. The van der Waals surface area contributed by atoms with Crippen molar-refractivity contribution in [1.29, 1.82) is 0 Å². The van der Waals surface area contributed by atoms with Crippen molar-refractivity contribution in [3.63, 3.8) is 0 Å². The summed E-state index contributed by atoms with van der Waals surface area (Å²) in [5, 5.41) is 1.97. The molecule has 2 nitrogen and oxygen atoms in total. The zero-order chi connectivity index (χ0) is 11.7. The normalized spacial score (nSPS) is 13.2. The Labute approximate surface area is 101 Å². The summed E-state index contributed by atoms with van der Waals surface area (Å²) >= 11 is 5.98. The van der Waals surface area contributed by atoms with Gasteiger partial charge in [0.15, 0.2) is 0 Å². The van der Waals surface area contributed by atoms with Gasteiger partial charge in [0.1, 0.15) is 0 Å². The molecule has 1 aromatic carbocycles. The second-order valence-corrected chi connectivity index (χ2v) is 4.71. The van der Waals surface area contributed by atoms with E-state index in [1.165, 1.54) is 16.6 Å². The molecule has 86 valence electrons. The summed E-state index contributed by atoms with van der Waals surface area (Å²) in [5.74, 6) is 0. The van der Waals surface area contributed by atoms with Crippen LogP contribution < -0.4 is 5.73 Å². The van der Waals surface area contributed by atoms with Gasteiger partial charge in [-0.25, -0.2) is 0 Å². The molecular weight excluding hydrogens is 220 g/mol. The minimum absolute atomic E-state index is 0.235. The van der Waals surface area contributed by atoms with Crippen LogP contribution in [0.5, 0.6) is 0 Å². The molecular formula is C13H17ClN2. The highest BCUT2D eigenvalue weighted by atomic mass is 35.5. The van der Waals surface area contributed by atoms with Crippen molar-refractivity contribution < 1.29 is 0 Å². The van der Waals surface area contributed by atoms with Crippen LogP contribution in [0, 0.1) is 0 Å². The number of hydrogen-bond donors (Lipinski definition) is 1. The lowest BCUT2D eigenvalue weighted by atomic mass is 10.1. The molecule has 1 atom stereocenters. The Balaban J connectivity index is 2.43. The van der Waals surface area contributed by atoms with Crippen LogP contribution in [0.3, 0.4) is 0 Å². The zero-order valence-electron chi connectivity index (χ0n) is 9.70. The van der Waals surface area contributed by atoms with E-state index in [1.54, 1.807) is 0 Å². The lowest BCUT2D eigenvalue weighted by Gasteiger charge is -2.09. The second kappa shape index (κ2) is 4.48. The molecule has 0 spiro atoms. The van der Waals surface area contributed by atoms with Gasteiger partial charge in [-0.05, 0) is 30.7 Å². The minimum Gasteiger partial charge on any atom is -0.348 e. The highest BCUT2D eigenvalue weighted by Crippen LogP contribution is 2.23. The molecule has 16 heavy (non-hydrogen) atoms. The Kier molecular flexibility index (Phi) is 3.22. The van der Waals surface area contributed by atoms with Gasteiger partial charge in [-0.15, -0.1) is 0 Å². The van der Waals surface area contributed by atoms with E-state index in [0.29, 0.717) is 0 Å². The zero-order valence-corrected chi connectivity index (χ0v) is 10.5. The van der Waals surface area contributed by atoms with E-state index in [-0.39, 0.29) is 6.04 Å². The molecule has 0 fully saturated rings. The summed E-state index contributed by atoms with van der Waals surface area (Å²) < 4.78 is 2.20. The van der Waals surface area contributed by atoms with Crippen molar-refractivity contribution in [3.8, 4) is 0 Å². The lowest BCUT2D eigenvalue weighted by Crippen LogP contribution is -2.22. The first-order valence-corrected chi connectivity index (χ1v) is 5.99. The SMILES string of the molecule is CCC(N)Cc1cc2cc(Cl)ccc2n1C. The van der Waals surface area contributed by atoms with Crippen molar-refractivity contribution >= 4 is 22.5 Å². The summed E-state index contributed by atoms with van der Waals surface area (Å²) in [6, 6.07) is 8.39. The van der Waals surface area contributed by atoms with E-state index >= 15 is 0 Å². The molecule has 1 unspecified atom stereocenters. The van der Waals surface area contributed by atoms with E-state index in [2.05, 4.69) is 30.7 Å². The van der Waals surface area contributed by atoms with E-state index < -0.39 is 0 Å². The molecule has 0 aliphatic heterocycles. The number of aryl methyl sites for hydroxylation is 1. The maximum Gasteiger partial charge on any atom is 0.0480 e. The molecule has 1 heterocycles. The van der Waals surface area contributed by atoms with E-state index in [4.69, 9.17) is 17.3 Å². The summed E-state index contributed by atoms with van der Waals surface area (Å²) in [4.78, 5) is 0. The number of aromatic nitrogens is 1. The first kappa shape index (κ1) is 11.5. The summed E-state index contributed by atoms with van der Waals surface area (Å²) in [6.07, 6.45) is 1.92. The summed E-state index contributed by atoms with van der Waals surface area (Å²) in [5.41, 5.74) is 8.47. The predicted molar refractivity (Wildman–Crippen MR) is 69.9 cm³/mol. The fourth-order valence-electron chi connectivity index (χ4n) is 1.99. The maximum absolute atomic E-state index is 5.99. The number of benzene rings is 1. The third kappa shape index (κ3) is 2.08. The average molecular weight is 237 g/mol. The average Bonchev–Trinajstić information content (AvgIpc) is 2.55. The van der Waals surface area contributed by atoms with Gasteiger partial charge in [-0.2, -0.15) is 0 Å². The molecule has 0 aliphatic carbocycles. The van der Waals surface area contributed by atoms with Crippen LogP contribution in [-0.2, 0) is 13.5 Å². The molecule has 2 rings (SSSR count). The summed E-state index contributed by atoms with van der Waals surface area (Å²) in [6.45, 7) is 2.12. The van der Waals surface area contributed by atoms with Crippen LogP contribution in [0.25, 0.3) is 10.9 Å². The van der Waals surface area contributed by atoms with E-state index in [1.807, 2.05) is 12.1 Å². The van der Waals surface area contributed by atoms with Crippen molar-refractivity contribution in [3.05, 3.63) is 35.0 Å². The number of fused-ring (bicyclic) bond motifs is 1. The summed E-state index contributed by atoms with van der Waals surface area (Å²) in [7, 11) is 2.08. The van der Waals surface area contributed by atoms with Crippen LogP contribution in [-0.4, -0.2) is 10.6 Å². The number of nitrogens with two attached hydrogens (primary N) is 1. The fraction of sp³-hybridized carbons (Fsp3) is 0.385. The van der Waals surface area contributed by atoms with Gasteiger partial charge < -0.3 is 10.3 Å². The van der Waals surface area contributed by atoms with Crippen LogP contribution >= 0.6 is 11.6 Å². The number of nitrogens with zero attached hydrogens (tertiary/aromatic N) is 1. The smallest absolute Gasteiger partial charge is 0.0480 e. The number of halogens is 1. The van der Waals surface area contributed by atoms with Crippen LogP contribution in [0.4, 0.5) is 0 Å². The molecule has 0 saturated heterocycles. The Morgan fingerprint density at radius 1 is 1.38 bits per heavy atom. The molecule has 0 bridgehead atoms. The topological polar surface area (TPSA) is 30.9 Å². The van der Waals surface area contributed by atoms with Crippen molar-refractivity contribution in [2.75, 3.05) is 0 Å². The quantitative estimate of drug-likeness (QED) is 0.872. The molecule has 0 aliphatic rings. The molecule has 1 aromatic heterocycles. The number of hydrogen-bond acceptors (Lipinski definition) is 1. The molecule has 2 N–H and O–H groups in total. The van der Waals surface area contributed by atoms with Gasteiger partial charge in [0.25, 0.3) is 0 Å². The van der Waals surface area contributed by atoms with Gasteiger partial charge in [0.05, 0.1) is 0 Å². The highest BCUT2D eigenvalue weighted by molar-refractivity contribution is 6.31. The van der Waals surface area contributed by atoms with Gasteiger partial charge in [-0.3, -0.25) is 0 Å². The highest BCUT2D eigenvalue weighted by Gasteiger charge is 2.08. The van der Waals surface area contributed by atoms with E-state index in [9.17, 15) is 0 Å². The first-order valence-electron chi connectivity index (χ1n) is 5.61. The van der Waals surface area contributed by atoms with Gasteiger partial charge in [-0.1, -0.05) is 18.5 Å². The van der Waals surface area contributed by atoms with Crippen molar-refractivity contribution in [2.24, 2.45) is 12.8 Å². The monoisotopic (exact) mass is 236 g/mol. The van der Waals surface area contributed by atoms with Crippen LogP contribution in [0.15, 0.2) is 24.3 Å². The van der Waals surface area contributed by atoms with Gasteiger partial charge in [0.2, 0.25) is 0 Å². The molecule has 0 saturated carbocycles.